The molecule has 3 aromatic heterocycles. The van der Waals surface area contributed by atoms with Crippen LogP contribution in [0, 0.1) is 0 Å². The fourth-order valence-corrected chi connectivity index (χ4v) is 4.29. The average Bonchev–Trinajstić information content (AvgIpc) is 3.59. The minimum Gasteiger partial charge on any atom is -0.493 e. The van der Waals surface area contributed by atoms with Crippen molar-refractivity contribution < 1.29 is 14.1 Å². The number of fused-ring (bicyclic) bond motifs is 2. The first-order chi connectivity index (χ1) is 15.8. The van der Waals surface area contributed by atoms with E-state index in [1.54, 1.807) is 6.20 Å². The van der Waals surface area contributed by atoms with Crippen LogP contribution in [0.15, 0.2) is 84.3 Å². The first kappa shape index (κ1) is 19.0. The fourth-order valence-electron chi connectivity index (χ4n) is 3.85. The summed E-state index contributed by atoms with van der Waals surface area (Å²) in [5.74, 6) is 0.967. The van der Waals surface area contributed by atoms with E-state index in [-0.39, 0.29) is 0 Å². The van der Waals surface area contributed by atoms with Crippen LogP contribution in [-0.4, -0.2) is 26.5 Å². The molecule has 0 fully saturated rings. The molecule has 158 valence electrons. The maximum Gasteiger partial charge on any atom is 0.179 e. The Kier molecular flexibility index (Phi) is 4.78. The number of pyridine rings is 1. The van der Waals surface area contributed by atoms with Gasteiger partial charge in [0.15, 0.2) is 5.65 Å². The Morgan fingerprint density at radius 3 is 2.81 bits per heavy atom. The zero-order chi connectivity index (χ0) is 21.3. The number of hydrogen-bond acceptors (Lipinski definition) is 6. The lowest BCUT2D eigenvalue weighted by Gasteiger charge is -2.06. The number of aromatic amines is 1. The molecule has 1 aliphatic rings. The molecule has 0 unspecified atom stereocenters. The summed E-state index contributed by atoms with van der Waals surface area (Å²) in [6.45, 7) is 0.738. The third kappa shape index (κ3) is 3.49. The summed E-state index contributed by atoms with van der Waals surface area (Å²) in [5, 5.41) is 7.90. The first-order valence-corrected chi connectivity index (χ1v) is 10.9. The fraction of sp³-hybridized carbons (Fsp3) is 0.0833. The molecule has 5 aromatic rings. The normalized spacial score (nSPS) is 12.6. The van der Waals surface area contributed by atoms with Crippen molar-refractivity contribution in [3.63, 3.8) is 0 Å². The molecule has 0 radical (unpaired) electrons. The van der Waals surface area contributed by atoms with E-state index in [4.69, 9.17) is 19.0 Å². The summed E-state index contributed by atoms with van der Waals surface area (Å²) in [5.41, 5.74) is 5.89. The SMILES string of the molecule is c1ccc(SOOn2cc(-c3cn[nH]c3)c3cc(-c4ccc5c(c4)CCO5)cnc32)cc1. The van der Waals surface area contributed by atoms with E-state index in [9.17, 15) is 0 Å². The second kappa shape index (κ2) is 8.07. The number of H-pyrrole nitrogens is 1. The molecule has 0 saturated carbocycles. The molecule has 0 atom stereocenters. The zero-order valence-corrected chi connectivity index (χ0v) is 17.7. The number of rotatable bonds is 6. The van der Waals surface area contributed by atoms with E-state index in [1.807, 2.05) is 55.0 Å². The van der Waals surface area contributed by atoms with Crippen molar-refractivity contribution in [3.05, 3.63) is 84.9 Å². The van der Waals surface area contributed by atoms with Gasteiger partial charge in [0.25, 0.3) is 0 Å². The Hall–Kier alpha value is -3.75. The van der Waals surface area contributed by atoms with Gasteiger partial charge in [-0.25, -0.2) is 9.97 Å². The minimum absolute atomic E-state index is 0.656. The maximum absolute atomic E-state index is 5.64. The Morgan fingerprint density at radius 1 is 1.00 bits per heavy atom. The standard InChI is InChI=1S/C24H18N4O3S/c1-2-4-20(5-3-1)32-31-30-28-15-22(19-13-26-27-14-19)21-11-18(12-25-24(21)28)16-6-7-23-17(10-16)8-9-29-23/h1-7,10-15H,8-9H2,(H,26,27). The summed E-state index contributed by atoms with van der Waals surface area (Å²) in [7, 11) is 0. The second-order valence-electron chi connectivity index (χ2n) is 7.41. The van der Waals surface area contributed by atoms with E-state index < -0.39 is 0 Å². The van der Waals surface area contributed by atoms with Crippen LogP contribution in [0.2, 0.25) is 0 Å². The third-order valence-corrected chi connectivity index (χ3v) is 6.02. The van der Waals surface area contributed by atoms with E-state index in [1.165, 1.54) is 10.3 Å². The highest BCUT2D eigenvalue weighted by molar-refractivity contribution is 7.94. The smallest absolute Gasteiger partial charge is 0.179 e. The molecular weight excluding hydrogens is 424 g/mol. The molecule has 32 heavy (non-hydrogen) atoms. The van der Waals surface area contributed by atoms with Crippen molar-refractivity contribution in [2.24, 2.45) is 0 Å². The predicted octanol–water partition coefficient (Wildman–Crippen LogP) is 5.10. The van der Waals surface area contributed by atoms with Crippen LogP contribution in [-0.2, 0) is 10.8 Å². The summed E-state index contributed by atoms with van der Waals surface area (Å²) < 4.78 is 12.6. The van der Waals surface area contributed by atoms with Crippen LogP contribution in [0.5, 0.6) is 5.75 Å². The van der Waals surface area contributed by atoms with Crippen molar-refractivity contribution in [1.29, 1.82) is 0 Å². The molecule has 4 heterocycles. The van der Waals surface area contributed by atoms with Gasteiger partial charge in [-0.2, -0.15) is 5.10 Å². The van der Waals surface area contributed by atoms with Crippen molar-refractivity contribution >= 4 is 23.1 Å². The van der Waals surface area contributed by atoms with Gasteiger partial charge in [-0.3, -0.25) is 5.10 Å². The Morgan fingerprint density at radius 2 is 1.94 bits per heavy atom. The number of hydrogen-bond donors (Lipinski definition) is 1. The van der Waals surface area contributed by atoms with Gasteiger partial charge in [0.05, 0.1) is 31.0 Å². The van der Waals surface area contributed by atoms with E-state index in [2.05, 4.69) is 28.4 Å². The topological polar surface area (TPSA) is 74.2 Å². The van der Waals surface area contributed by atoms with E-state index in [0.717, 1.165) is 63.4 Å². The molecule has 0 bridgehead atoms. The zero-order valence-electron chi connectivity index (χ0n) is 16.9. The predicted molar refractivity (Wildman–Crippen MR) is 122 cm³/mol. The number of benzene rings is 2. The van der Waals surface area contributed by atoms with Gasteiger partial charge in [-0.1, -0.05) is 28.6 Å². The summed E-state index contributed by atoms with van der Waals surface area (Å²) in [6, 6.07) is 18.1. The van der Waals surface area contributed by atoms with Gasteiger partial charge in [-0.15, -0.1) is 4.73 Å². The van der Waals surface area contributed by atoms with Gasteiger partial charge in [0, 0.05) is 45.8 Å². The van der Waals surface area contributed by atoms with E-state index in [0.29, 0.717) is 5.65 Å². The first-order valence-electron chi connectivity index (χ1n) is 10.2. The Labute approximate surface area is 188 Å². The third-order valence-electron chi connectivity index (χ3n) is 5.43. The quantitative estimate of drug-likeness (QED) is 0.224. The van der Waals surface area contributed by atoms with Gasteiger partial charge < -0.3 is 4.74 Å². The van der Waals surface area contributed by atoms with Crippen molar-refractivity contribution in [2.75, 3.05) is 6.61 Å². The lowest BCUT2D eigenvalue weighted by Crippen LogP contribution is -2.07. The van der Waals surface area contributed by atoms with Crippen molar-refractivity contribution in [3.8, 4) is 28.0 Å². The van der Waals surface area contributed by atoms with Crippen LogP contribution in [0.3, 0.4) is 0 Å². The van der Waals surface area contributed by atoms with Crippen LogP contribution >= 0.6 is 12.0 Å². The van der Waals surface area contributed by atoms with Gasteiger partial charge in [-0.05, 0) is 41.5 Å². The Balaban J connectivity index is 1.36. The van der Waals surface area contributed by atoms with Gasteiger partial charge >= 0.3 is 0 Å². The largest absolute Gasteiger partial charge is 0.493 e. The molecule has 0 amide bonds. The van der Waals surface area contributed by atoms with Crippen LogP contribution < -0.4 is 9.73 Å². The summed E-state index contributed by atoms with van der Waals surface area (Å²) in [4.78, 5) is 11.2. The highest BCUT2D eigenvalue weighted by atomic mass is 32.2. The molecule has 1 N–H and O–H groups in total. The van der Waals surface area contributed by atoms with Crippen LogP contribution in [0.25, 0.3) is 33.3 Å². The molecule has 2 aromatic carbocycles. The van der Waals surface area contributed by atoms with Crippen LogP contribution in [0.1, 0.15) is 5.56 Å². The maximum atomic E-state index is 5.64. The summed E-state index contributed by atoms with van der Waals surface area (Å²) >= 11 is 1.14. The highest BCUT2D eigenvalue weighted by Crippen LogP contribution is 2.34. The lowest BCUT2D eigenvalue weighted by molar-refractivity contribution is -0.188. The Bertz CT molecular complexity index is 1380. The number of nitrogens with zero attached hydrogens (tertiary/aromatic N) is 3. The highest BCUT2D eigenvalue weighted by Gasteiger charge is 2.17. The molecule has 7 nitrogen and oxygen atoms in total. The monoisotopic (exact) mass is 442 g/mol. The number of aromatic nitrogens is 4. The van der Waals surface area contributed by atoms with Gasteiger partial charge in [0.2, 0.25) is 0 Å². The lowest BCUT2D eigenvalue weighted by atomic mass is 10.0. The molecular formula is C24H18N4O3S. The molecule has 0 spiro atoms. The molecule has 6 rings (SSSR count). The molecule has 1 aliphatic heterocycles. The molecule has 0 aliphatic carbocycles. The van der Waals surface area contributed by atoms with Gasteiger partial charge in [0.1, 0.15) is 5.75 Å². The van der Waals surface area contributed by atoms with Crippen molar-refractivity contribution in [2.45, 2.75) is 11.3 Å². The second-order valence-corrected chi connectivity index (χ2v) is 8.18. The van der Waals surface area contributed by atoms with Crippen LogP contribution in [0.4, 0.5) is 0 Å². The molecule has 8 heteroatoms. The number of nitrogens with one attached hydrogen (secondary N) is 1. The average molecular weight is 443 g/mol. The minimum atomic E-state index is 0.656. The van der Waals surface area contributed by atoms with Crippen molar-refractivity contribution in [1.82, 2.24) is 19.9 Å². The summed E-state index contributed by atoms with van der Waals surface area (Å²) in [6.07, 6.45) is 8.26. The molecule has 0 saturated heterocycles. The van der Waals surface area contributed by atoms with E-state index >= 15 is 0 Å². The number of ether oxygens (including phenoxy) is 1.